The minimum Gasteiger partial charge on any atom is -0.409 e. The summed E-state index contributed by atoms with van der Waals surface area (Å²) in [6, 6.07) is 3.55. The molecule has 98 valence electrons. The van der Waals surface area contributed by atoms with Gasteiger partial charge in [-0.25, -0.2) is 9.18 Å². The second-order valence-corrected chi connectivity index (χ2v) is 3.53. The number of rotatable bonds is 4. The van der Waals surface area contributed by atoms with Gasteiger partial charge in [0, 0.05) is 6.54 Å². The number of urea groups is 1. The molecule has 18 heavy (non-hydrogen) atoms. The van der Waals surface area contributed by atoms with E-state index in [9.17, 15) is 9.18 Å². The molecule has 1 aromatic carbocycles. The molecular formula is C11H15FN4O2. The van der Waals surface area contributed by atoms with E-state index in [0.717, 1.165) is 12.5 Å². The summed E-state index contributed by atoms with van der Waals surface area (Å²) in [5, 5.41) is 16.3. The highest BCUT2D eigenvalue weighted by Crippen LogP contribution is 2.18. The first-order chi connectivity index (χ1) is 8.60. The predicted molar refractivity (Wildman–Crippen MR) is 66.2 cm³/mol. The number of hydrogen-bond acceptors (Lipinski definition) is 3. The van der Waals surface area contributed by atoms with Crippen LogP contribution in [-0.2, 0) is 0 Å². The first-order valence-electron chi connectivity index (χ1n) is 5.41. The number of oxime groups is 1. The number of nitrogens with zero attached hydrogens (tertiary/aromatic N) is 1. The number of nitrogens with one attached hydrogen (secondary N) is 2. The summed E-state index contributed by atoms with van der Waals surface area (Å²) in [5.74, 6) is -1.09. The zero-order valence-corrected chi connectivity index (χ0v) is 9.90. The molecule has 0 saturated heterocycles. The molecule has 7 heteroatoms. The van der Waals surface area contributed by atoms with Gasteiger partial charge in [-0.2, -0.15) is 0 Å². The number of carbonyl (C=O) groups excluding carboxylic acids is 1. The lowest BCUT2D eigenvalue weighted by Crippen LogP contribution is -2.30. The second kappa shape index (κ2) is 6.43. The highest BCUT2D eigenvalue weighted by Gasteiger charge is 2.14. The van der Waals surface area contributed by atoms with Crippen LogP contribution in [0.25, 0.3) is 0 Å². The Kier molecular flexibility index (Phi) is 4.91. The summed E-state index contributed by atoms with van der Waals surface area (Å²) >= 11 is 0. The van der Waals surface area contributed by atoms with Crippen molar-refractivity contribution in [3.8, 4) is 0 Å². The normalized spacial score (nSPS) is 11.1. The van der Waals surface area contributed by atoms with E-state index in [0.29, 0.717) is 6.54 Å². The Morgan fingerprint density at radius 3 is 2.89 bits per heavy atom. The Hall–Kier alpha value is -2.31. The van der Waals surface area contributed by atoms with Gasteiger partial charge in [0.25, 0.3) is 0 Å². The van der Waals surface area contributed by atoms with E-state index in [4.69, 9.17) is 10.9 Å². The van der Waals surface area contributed by atoms with Crippen molar-refractivity contribution in [2.45, 2.75) is 13.3 Å². The number of anilines is 1. The van der Waals surface area contributed by atoms with Crippen LogP contribution in [0, 0.1) is 5.82 Å². The fourth-order valence-corrected chi connectivity index (χ4v) is 1.34. The minimum absolute atomic E-state index is 0.138. The van der Waals surface area contributed by atoms with Gasteiger partial charge in [0.15, 0.2) is 5.84 Å². The van der Waals surface area contributed by atoms with E-state index in [1.807, 2.05) is 6.92 Å². The van der Waals surface area contributed by atoms with E-state index < -0.39 is 17.7 Å². The number of amidine groups is 1. The van der Waals surface area contributed by atoms with Gasteiger partial charge in [-0.05, 0) is 18.6 Å². The largest absolute Gasteiger partial charge is 0.409 e. The molecule has 2 amide bonds. The lowest BCUT2D eigenvalue weighted by Gasteiger charge is -2.11. The third kappa shape index (κ3) is 3.34. The first-order valence-corrected chi connectivity index (χ1v) is 5.41. The summed E-state index contributed by atoms with van der Waals surface area (Å²) in [6.07, 6.45) is 0.781. The number of nitrogens with two attached hydrogens (primary N) is 1. The lowest BCUT2D eigenvalue weighted by atomic mass is 10.1. The maximum atomic E-state index is 13.5. The predicted octanol–water partition coefficient (Wildman–Crippen LogP) is 1.45. The van der Waals surface area contributed by atoms with E-state index in [2.05, 4.69) is 15.8 Å². The molecule has 5 N–H and O–H groups in total. The molecule has 0 aromatic heterocycles. The Bertz CT molecular complexity index is 462. The van der Waals surface area contributed by atoms with Crippen LogP contribution in [0.2, 0.25) is 0 Å². The molecule has 0 fully saturated rings. The molecule has 0 unspecified atom stereocenters. The fraction of sp³-hybridized carbons (Fsp3) is 0.273. The van der Waals surface area contributed by atoms with E-state index in [1.165, 1.54) is 12.1 Å². The Labute approximate surface area is 104 Å². The summed E-state index contributed by atoms with van der Waals surface area (Å²) in [6.45, 7) is 2.41. The van der Waals surface area contributed by atoms with Crippen LogP contribution in [0.1, 0.15) is 18.9 Å². The topological polar surface area (TPSA) is 99.7 Å². The zero-order valence-electron chi connectivity index (χ0n) is 9.90. The standard InChI is InChI=1S/C11H15FN4O2/c1-2-6-14-11(17)15-8-5-3-4-7(12)9(8)10(13)16-18/h3-5,18H,2,6H2,1H3,(H2,13,16)(H2,14,15,17). The third-order valence-electron chi connectivity index (χ3n) is 2.16. The van der Waals surface area contributed by atoms with Gasteiger partial charge >= 0.3 is 6.03 Å². The molecule has 0 aliphatic rings. The zero-order chi connectivity index (χ0) is 13.5. The Morgan fingerprint density at radius 1 is 1.56 bits per heavy atom. The van der Waals surface area contributed by atoms with Gasteiger partial charge in [0.1, 0.15) is 5.82 Å². The summed E-state index contributed by atoms with van der Waals surface area (Å²) in [5.41, 5.74) is 5.35. The number of amides is 2. The maximum Gasteiger partial charge on any atom is 0.319 e. The molecule has 0 bridgehead atoms. The van der Waals surface area contributed by atoms with Crippen LogP contribution in [0.15, 0.2) is 23.4 Å². The van der Waals surface area contributed by atoms with Gasteiger partial charge in [0.2, 0.25) is 0 Å². The number of carbonyl (C=O) groups is 1. The first kappa shape index (κ1) is 13.8. The van der Waals surface area contributed by atoms with Crippen LogP contribution in [0.5, 0.6) is 0 Å². The number of halogens is 1. The van der Waals surface area contributed by atoms with Crippen molar-refractivity contribution in [3.05, 3.63) is 29.6 Å². The van der Waals surface area contributed by atoms with Crippen LogP contribution in [0.3, 0.4) is 0 Å². The van der Waals surface area contributed by atoms with Crippen molar-refractivity contribution in [1.29, 1.82) is 0 Å². The van der Waals surface area contributed by atoms with Crippen LogP contribution in [-0.4, -0.2) is 23.6 Å². The highest BCUT2D eigenvalue weighted by atomic mass is 19.1. The van der Waals surface area contributed by atoms with Crippen LogP contribution >= 0.6 is 0 Å². The van der Waals surface area contributed by atoms with Crippen molar-refractivity contribution in [2.24, 2.45) is 10.9 Å². The van der Waals surface area contributed by atoms with E-state index in [-0.39, 0.29) is 11.3 Å². The van der Waals surface area contributed by atoms with Crippen LogP contribution in [0.4, 0.5) is 14.9 Å². The molecule has 0 aliphatic carbocycles. The average Bonchev–Trinajstić information content (AvgIpc) is 2.35. The number of benzene rings is 1. The van der Waals surface area contributed by atoms with E-state index >= 15 is 0 Å². The molecular weight excluding hydrogens is 239 g/mol. The van der Waals surface area contributed by atoms with Gasteiger partial charge in [0.05, 0.1) is 11.3 Å². The molecule has 1 aromatic rings. The molecule has 0 atom stereocenters. The molecule has 0 heterocycles. The van der Waals surface area contributed by atoms with Crippen molar-refractivity contribution >= 4 is 17.6 Å². The summed E-state index contributed by atoms with van der Waals surface area (Å²) in [4.78, 5) is 11.5. The fourth-order valence-electron chi connectivity index (χ4n) is 1.34. The van der Waals surface area contributed by atoms with Gasteiger partial charge < -0.3 is 21.6 Å². The van der Waals surface area contributed by atoms with Crippen molar-refractivity contribution in [2.75, 3.05) is 11.9 Å². The van der Waals surface area contributed by atoms with Crippen molar-refractivity contribution in [1.82, 2.24) is 5.32 Å². The minimum atomic E-state index is -0.682. The van der Waals surface area contributed by atoms with Crippen molar-refractivity contribution < 1.29 is 14.4 Å². The van der Waals surface area contributed by atoms with Crippen LogP contribution < -0.4 is 16.4 Å². The SMILES string of the molecule is CCCNC(=O)Nc1cccc(F)c1/C(N)=N/O. The lowest BCUT2D eigenvalue weighted by molar-refractivity contribution is 0.252. The highest BCUT2D eigenvalue weighted by molar-refractivity contribution is 6.05. The smallest absolute Gasteiger partial charge is 0.319 e. The monoisotopic (exact) mass is 254 g/mol. The quantitative estimate of drug-likeness (QED) is 0.283. The van der Waals surface area contributed by atoms with E-state index in [1.54, 1.807) is 0 Å². The van der Waals surface area contributed by atoms with Gasteiger partial charge in [-0.15, -0.1) is 0 Å². The van der Waals surface area contributed by atoms with Gasteiger partial charge in [-0.1, -0.05) is 18.1 Å². The molecule has 6 nitrogen and oxygen atoms in total. The molecule has 0 spiro atoms. The van der Waals surface area contributed by atoms with Gasteiger partial charge in [-0.3, -0.25) is 0 Å². The molecule has 0 aliphatic heterocycles. The molecule has 0 saturated carbocycles. The summed E-state index contributed by atoms with van der Waals surface area (Å²) < 4.78 is 13.5. The second-order valence-electron chi connectivity index (χ2n) is 3.53. The Morgan fingerprint density at radius 2 is 2.28 bits per heavy atom. The Balaban J connectivity index is 2.95. The number of hydrogen-bond donors (Lipinski definition) is 4. The average molecular weight is 254 g/mol. The third-order valence-corrected chi connectivity index (χ3v) is 2.16. The molecule has 1 rings (SSSR count). The maximum absolute atomic E-state index is 13.5. The summed E-state index contributed by atoms with van der Waals surface area (Å²) in [7, 11) is 0. The molecule has 0 radical (unpaired) electrons. The van der Waals surface area contributed by atoms with Crippen molar-refractivity contribution in [3.63, 3.8) is 0 Å².